The van der Waals surface area contributed by atoms with E-state index >= 15 is 0 Å². The highest BCUT2D eigenvalue weighted by Crippen LogP contribution is 2.41. The molecule has 1 aliphatic rings. The van der Waals surface area contributed by atoms with Crippen molar-refractivity contribution in [3.05, 3.63) is 81.8 Å². The molecular formula is C25H23Cl2NO6S. The number of hydrogen-bond donors (Lipinski definition) is 1. The first-order valence-electron chi connectivity index (χ1n) is 10.8. The third-order valence-electron chi connectivity index (χ3n) is 5.86. The van der Waals surface area contributed by atoms with Gasteiger partial charge in [-0.05, 0) is 66.8 Å². The summed E-state index contributed by atoms with van der Waals surface area (Å²) < 4.78 is 39.6. The Labute approximate surface area is 213 Å². The number of aliphatic carboxylic acids is 1. The number of carbonyl (C=O) groups is 1. The number of hydrogen-bond acceptors (Lipinski definition) is 5. The summed E-state index contributed by atoms with van der Waals surface area (Å²) >= 11 is 12.5. The van der Waals surface area contributed by atoms with Gasteiger partial charge in [0.05, 0.1) is 21.0 Å². The van der Waals surface area contributed by atoms with Gasteiger partial charge in [-0.2, -0.15) is 4.31 Å². The molecule has 184 valence electrons. The van der Waals surface area contributed by atoms with Crippen LogP contribution >= 0.6 is 23.2 Å². The highest BCUT2D eigenvalue weighted by atomic mass is 35.5. The number of carboxylic acid groups (broad SMARTS) is 1. The Morgan fingerprint density at radius 3 is 2.46 bits per heavy atom. The predicted molar refractivity (Wildman–Crippen MR) is 133 cm³/mol. The predicted octanol–water partition coefficient (Wildman–Crippen LogP) is 5.95. The molecule has 1 unspecified atom stereocenters. The van der Waals surface area contributed by atoms with Crippen molar-refractivity contribution in [3.8, 4) is 17.2 Å². The van der Waals surface area contributed by atoms with Gasteiger partial charge in [0.15, 0.2) is 6.61 Å². The van der Waals surface area contributed by atoms with Gasteiger partial charge in [0, 0.05) is 7.05 Å². The highest BCUT2D eigenvalue weighted by molar-refractivity contribution is 7.89. The van der Waals surface area contributed by atoms with Crippen molar-refractivity contribution in [1.29, 1.82) is 0 Å². The van der Waals surface area contributed by atoms with E-state index in [-0.39, 0.29) is 15.7 Å². The molecule has 0 aliphatic heterocycles. The number of nitrogens with zero attached hydrogens (tertiary/aromatic N) is 1. The summed E-state index contributed by atoms with van der Waals surface area (Å²) in [6.45, 7) is -0.462. The molecule has 0 fully saturated rings. The summed E-state index contributed by atoms with van der Waals surface area (Å²) in [5.41, 5.74) is 1.63. The number of ether oxygens (including phenoxy) is 2. The van der Waals surface area contributed by atoms with E-state index in [1.165, 1.54) is 29.6 Å². The molecule has 35 heavy (non-hydrogen) atoms. The summed E-state index contributed by atoms with van der Waals surface area (Å²) in [6, 6.07) is 16.1. The number of sulfonamides is 1. The van der Waals surface area contributed by atoms with Gasteiger partial charge in [0.2, 0.25) is 10.0 Å². The van der Waals surface area contributed by atoms with Crippen LogP contribution in [-0.4, -0.2) is 37.5 Å². The minimum Gasteiger partial charge on any atom is -0.482 e. The molecule has 3 aromatic rings. The molecule has 1 N–H and O–H groups in total. The first-order valence-corrected chi connectivity index (χ1v) is 13.0. The molecule has 4 rings (SSSR count). The molecule has 1 atom stereocenters. The van der Waals surface area contributed by atoms with Crippen LogP contribution in [0.1, 0.15) is 30.0 Å². The molecule has 10 heteroatoms. The topological polar surface area (TPSA) is 93.1 Å². The fourth-order valence-corrected chi connectivity index (χ4v) is 6.00. The van der Waals surface area contributed by atoms with Crippen molar-refractivity contribution >= 4 is 39.2 Å². The van der Waals surface area contributed by atoms with Crippen LogP contribution in [0.3, 0.4) is 0 Å². The lowest BCUT2D eigenvalue weighted by molar-refractivity contribution is -0.139. The van der Waals surface area contributed by atoms with Gasteiger partial charge < -0.3 is 14.6 Å². The van der Waals surface area contributed by atoms with Gasteiger partial charge in [-0.15, -0.1) is 0 Å². The first-order chi connectivity index (χ1) is 16.7. The smallest absolute Gasteiger partial charge is 0.341 e. The second kappa shape index (κ2) is 10.5. The average Bonchev–Trinajstić information content (AvgIpc) is 2.84. The van der Waals surface area contributed by atoms with Crippen LogP contribution in [0, 0.1) is 0 Å². The monoisotopic (exact) mass is 535 g/mol. The SMILES string of the molecule is CN(C1CCCc2c(OCC(=O)O)cccc21)S(=O)(=O)c1ccc(Oc2ccccc2Cl)c(Cl)c1. The molecule has 0 amide bonds. The van der Waals surface area contributed by atoms with E-state index in [1.54, 1.807) is 36.4 Å². The van der Waals surface area contributed by atoms with Gasteiger partial charge in [0.25, 0.3) is 0 Å². The van der Waals surface area contributed by atoms with Gasteiger partial charge in [-0.3, -0.25) is 0 Å². The third-order valence-corrected chi connectivity index (χ3v) is 8.33. The lowest BCUT2D eigenvalue weighted by Crippen LogP contribution is -2.33. The Hall–Kier alpha value is -2.78. The van der Waals surface area contributed by atoms with E-state index in [2.05, 4.69) is 0 Å². The fourth-order valence-electron chi connectivity index (χ4n) is 4.15. The largest absolute Gasteiger partial charge is 0.482 e. The maximum atomic E-state index is 13.5. The summed E-state index contributed by atoms with van der Waals surface area (Å²) in [6.07, 6.45) is 2.03. The van der Waals surface area contributed by atoms with Gasteiger partial charge in [-0.25, -0.2) is 13.2 Å². The fraction of sp³-hybridized carbons (Fsp3) is 0.240. The van der Waals surface area contributed by atoms with Gasteiger partial charge >= 0.3 is 5.97 Å². The molecule has 0 aromatic heterocycles. The Kier molecular flexibility index (Phi) is 7.56. The van der Waals surface area contributed by atoms with Crippen LogP contribution in [0.15, 0.2) is 65.6 Å². The summed E-state index contributed by atoms with van der Waals surface area (Å²) in [5, 5.41) is 9.49. The second-order valence-corrected chi connectivity index (χ2v) is 10.9. The van der Waals surface area contributed by atoms with E-state index in [0.717, 1.165) is 17.5 Å². The van der Waals surface area contributed by atoms with Crippen LogP contribution in [-0.2, 0) is 21.2 Å². The van der Waals surface area contributed by atoms with E-state index in [1.807, 2.05) is 6.07 Å². The van der Waals surface area contributed by atoms with Crippen LogP contribution in [0.5, 0.6) is 17.2 Å². The molecule has 0 radical (unpaired) electrons. The van der Waals surface area contributed by atoms with Crippen molar-refractivity contribution in [3.63, 3.8) is 0 Å². The quantitative estimate of drug-likeness (QED) is 0.383. The molecule has 7 nitrogen and oxygen atoms in total. The first kappa shape index (κ1) is 25.3. The van der Waals surface area contributed by atoms with Gasteiger partial charge in [0.1, 0.15) is 17.2 Å². The van der Waals surface area contributed by atoms with Crippen molar-refractivity contribution in [2.45, 2.75) is 30.2 Å². The average molecular weight is 536 g/mol. The molecule has 0 bridgehead atoms. The zero-order chi connectivity index (χ0) is 25.2. The summed E-state index contributed by atoms with van der Waals surface area (Å²) in [5.74, 6) is 0.0751. The number of para-hydroxylation sites is 1. The van der Waals surface area contributed by atoms with Crippen molar-refractivity contribution in [2.75, 3.05) is 13.7 Å². The van der Waals surface area contributed by atoms with E-state index in [4.69, 9.17) is 37.8 Å². The van der Waals surface area contributed by atoms with E-state index in [0.29, 0.717) is 29.4 Å². The Morgan fingerprint density at radius 2 is 1.74 bits per heavy atom. The number of fused-ring (bicyclic) bond motifs is 1. The maximum Gasteiger partial charge on any atom is 0.341 e. The lowest BCUT2D eigenvalue weighted by atomic mass is 9.87. The second-order valence-electron chi connectivity index (χ2n) is 8.06. The van der Waals surface area contributed by atoms with Crippen molar-refractivity contribution < 1.29 is 27.8 Å². The Bertz CT molecular complexity index is 1360. The van der Waals surface area contributed by atoms with E-state index < -0.39 is 28.6 Å². The van der Waals surface area contributed by atoms with Crippen LogP contribution in [0.4, 0.5) is 0 Å². The minimum atomic E-state index is -3.91. The number of carboxylic acids is 1. The zero-order valence-electron chi connectivity index (χ0n) is 18.8. The number of benzene rings is 3. The molecule has 0 heterocycles. The third kappa shape index (κ3) is 5.41. The van der Waals surface area contributed by atoms with Gasteiger partial charge in [-0.1, -0.05) is 47.5 Å². The molecule has 0 spiro atoms. The van der Waals surface area contributed by atoms with Crippen LogP contribution < -0.4 is 9.47 Å². The standard InChI is InChI=1S/C25H23Cl2NO6S/c1-28(21-9-4-7-18-17(21)6-5-11-22(18)33-15-25(29)30)35(31,32)16-12-13-24(20(27)14-16)34-23-10-3-2-8-19(23)26/h2-3,5-6,8,10-14,21H,4,7,9,15H2,1H3,(H,29,30). The van der Waals surface area contributed by atoms with Crippen LogP contribution in [0.25, 0.3) is 0 Å². The van der Waals surface area contributed by atoms with Crippen molar-refractivity contribution in [1.82, 2.24) is 4.31 Å². The Morgan fingerprint density at radius 1 is 1.03 bits per heavy atom. The lowest BCUT2D eigenvalue weighted by Gasteiger charge is -2.33. The minimum absolute atomic E-state index is 0.0295. The number of halogens is 2. The molecular weight excluding hydrogens is 513 g/mol. The molecule has 0 saturated carbocycles. The Balaban J connectivity index is 1.60. The molecule has 1 aliphatic carbocycles. The number of rotatable bonds is 8. The normalized spacial score (nSPS) is 15.5. The summed E-state index contributed by atoms with van der Waals surface area (Å²) in [7, 11) is -2.38. The maximum absolute atomic E-state index is 13.5. The van der Waals surface area contributed by atoms with E-state index in [9.17, 15) is 13.2 Å². The van der Waals surface area contributed by atoms with Crippen molar-refractivity contribution in [2.24, 2.45) is 0 Å². The molecule has 3 aromatic carbocycles. The molecule has 0 saturated heterocycles. The summed E-state index contributed by atoms with van der Waals surface area (Å²) in [4.78, 5) is 11.0. The zero-order valence-corrected chi connectivity index (χ0v) is 21.1. The van der Waals surface area contributed by atoms with Crippen LogP contribution in [0.2, 0.25) is 10.0 Å². The highest BCUT2D eigenvalue weighted by Gasteiger charge is 2.33.